The van der Waals surface area contributed by atoms with E-state index in [-0.39, 0.29) is 0 Å². The predicted molar refractivity (Wildman–Crippen MR) is 79.6 cm³/mol. The first-order valence-corrected chi connectivity index (χ1v) is 7.34. The minimum absolute atomic E-state index is 0.419. The summed E-state index contributed by atoms with van der Waals surface area (Å²) in [5.74, 6) is 0.782. The molecule has 0 spiro atoms. The van der Waals surface area contributed by atoms with E-state index < -0.39 is 0 Å². The Morgan fingerprint density at radius 2 is 2.00 bits per heavy atom. The van der Waals surface area contributed by atoms with Gasteiger partial charge in [0.05, 0.1) is 5.02 Å². The summed E-state index contributed by atoms with van der Waals surface area (Å²) in [4.78, 5) is 0. The van der Waals surface area contributed by atoms with E-state index in [4.69, 9.17) is 11.6 Å². The summed E-state index contributed by atoms with van der Waals surface area (Å²) in [5, 5.41) is 4.14. The molecule has 0 bridgehead atoms. The molecule has 0 aromatic heterocycles. The van der Waals surface area contributed by atoms with Gasteiger partial charge < -0.3 is 5.32 Å². The van der Waals surface area contributed by atoms with Crippen molar-refractivity contribution in [1.29, 1.82) is 0 Å². The van der Waals surface area contributed by atoms with Crippen molar-refractivity contribution in [2.24, 2.45) is 5.92 Å². The van der Waals surface area contributed by atoms with E-state index in [9.17, 15) is 0 Å². The summed E-state index contributed by atoms with van der Waals surface area (Å²) in [6.07, 6.45) is 3.71. The van der Waals surface area contributed by atoms with Crippen LogP contribution in [0.2, 0.25) is 5.02 Å². The van der Waals surface area contributed by atoms with Crippen LogP contribution in [0.4, 0.5) is 0 Å². The second-order valence-electron chi connectivity index (χ2n) is 4.84. The van der Waals surface area contributed by atoms with E-state index >= 15 is 0 Å². The third-order valence-corrected chi connectivity index (χ3v) is 4.18. The van der Waals surface area contributed by atoms with E-state index in [1.165, 1.54) is 24.8 Å². The Labute approximate surface area is 118 Å². The molecule has 0 amide bonds. The van der Waals surface area contributed by atoms with Gasteiger partial charge in [0.1, 0.15) is 0 Å². The van der Waals surface area contributed by atoms with Gasteiger partial charge in [0.25, 0.3) is 0 Å². The zero-order chi connectivity index (χ0) is 12.8. The third-order valence-electron chi connectivity index (χ3n) is 2.97. The van der Waals surface area contributed by atoms with Crippen molar-refractivity contribution in [1.82, 2.24) is 5.32 Å². The van der Waals surface area contributed by atoms with Gasteiger partial charge in [-0.2, -0.15) is 0 Å². The lowest BCUT2D eigenvalue weighted by molar-refractivity contribution is 0.470. The fraction of sp³-hybridized carbons (Fsp3) is 0.571. The Kier molecular flexibility index (Phi) is 6.53. The van der Waals surface area contributed by atoms with E-state index in [1.807, 2.05) is 13.1 Å². The maximum atomic E-state index is 6.01. The van der Waals surface area contributed by atoms with Gasteiger partial charge in [-0.15, -0.1) is 0 Å². The van der Waals surface area contributed by atoms with Crippen LogP contribution in [0.15, 0.2) is 22.7 Å². The first-order valence-electron chi connectivity index (χ1n) is 6.16. The first-order chi connectivity index (χ1) is 8.04. The van der Waals surface area contributed by atoms with Gasteiger partial charge >= 0.3 is 0 Å². The van der Waals surface area contributed by atoms with Crippen molar-refractivity contribution in [3.63, 3.8) is 0 Å². The van der Waals surface area contributed by atoms with Crippen molar-refractivity contribution in [2.75, 3.05) is 7.05 Å². The molecule has 1 unspecified atom stereocenters. The lowest BCUT2D eigenvalue weighted by Gasteiger charge is -2.17. The molecule has 1 nitrogen and oxygen atoms in total. The molecule has 3 heteroatoms. The second kappa shape index (κ2) is 7.40. The number of benzene rings is 1. The molecule has 0 heterocycles. The van der Waals surface area contributed by atoms with Crippen LogP contribution in [0, 0.1) is 5.92 Å². The lowest BCUT2D eigenvalue weighted by atomic mass is 9.98. The predicted octanol–water partition coefficient (Wildman–Crippen LogP) is 5.19. The average molecular weight is 319 g/mol. The molecule has 1 aromatic carbocycles. The normalized spacial score (nSPS) is 13.1. The van der Waals surface area contributed by atoms with E-state index in [0.717, 1.165) is 15.4 Å². The second-order valence-corrected chi connectivity index (χ2v) is 6.10. The van der Waals surface area contributed by atoms with Gasteiger partial charge in [-0.05, 0) is 53.0 Å². The Hall–Kier alpha value is -0.0500. The van der Waals surface area contributed by atoms with Crippen LogP contribution in [0.3, 0.4) is 0 Å². The van der Waals surface area contributed by atoms with Crippen LogP contribution in [0.25, 0.3) is 0 Å². The summed E-state index contributed by atoms with van der Waals surface area (Å²) < 4.78 is 0.973. The van der Waals surface area contributed by atoms with Crippen LogP contribution in [-0.4, -0.2) is 7.05 Å². The standard InChI is InChI=1S/C14H21BrClN/c1-10(2)5-4-6-14(17-3)11-7-8-13(16)12(15)9-11/h7-10,14,17H,4-6H2,1-3H3. The van der Waals surface area contributed by atoms with Gasteiger partial charge in [0, 0.05) is 10.5 Å². The Balaban J connectivity index is 2.62. The number of rotatable bonds is 6. The summed E-state index contributed by atoms with van der Waals surface area (Å²) in [6, 6.07) is 6.58. The third kappa shape index (κ3) is 4.99. The van der Waals surface area contributed by atoms with Crippen molar-refractivity contribution in [3.05, 3.63) is 33.3 Å². The molecule has 1 N–H and O–H groups in total. The minimum atomic E-state index is 0.419. The van der Waals surface area contributed by atoms with Crippen LogP contribution in [0.5, 0.6) is 0 Å². The molecule has 1 atom stereocenters. The molecule has 0 saturated heterocycles. The molecule has 17 heavy (non-hydrogen) atoms. The number of hydrogen-bond acceptors (Lipinski definition) is 1. The highest BCUT2D eigenvalue weighted by molar-refractivity contribution is 9.10. The lowest BCUT2D eigenvalue weighted by Crippen LogP contribution is -2.16. The maximum absolute atomic E-state index is 6.01. The fourth-order valence-electron chi connectivity index (χ4n) is 1.94. The minimum Gasteiger partial charge on any atom is -0.313 e. The van der Waals surface area contributed by atoms with Crippen molar-refractivity contribution < 1.29 is 0 Å². The summed E-state index contributed by atoms with van der Waals surface area (Å²) in [6.45, 7) is 4.54. The molecular formula is C14H21BrClN. The number of nitrogens with one attached hydrogen (secondary N) is 1. The van der Waals surface area contributed by atoms with Gasteiger partial charge in [-0.3, -0.25) is 0 Å². The number of hydrogen-bond donors (Lipinski definition) is 1. The molecule has 0 radical (unpaired) electrons. The van der Waals surface area contributed by atoms with Gasteiger partial charge in [0.2, 0.25) is 0 Å². The highest BCUT2D eigenvalue weighted by Crippen LogP contribution is 2.28. The summed E-state index contributed by atoms with van der Waals surface area (Å²) in [5.41, 5.74) is 1.30. The van der Waals surface area contributed by atoms with Crippen molar-refractivity contribution in [2.45, 2.75) is 39.2 Å². The van der Waals surface area contributed by atoms with Gasteiger partial charge in [-0.25, -0.2) is 0 Å². The molecule has 0 aliphatic heterocycles. The Morgan fingerprint density at radius 3 is 2.53 bits per heavy atom. The van der Waals surface area contributed by atoms with E-state index in [0.29, 0.717) is 6.04 Å². The Morgan fingerprint density at radius 1 is 1.29 bits per heavy atom. The molecule has 1 aromatic rings. The van der Waals surface area contributed by atoms with Gasteiger partial charge in [-0.1, -0.05) is 44.4 Å². The highest BCUT2D eigenvalue weighted by atomic mass is 79.9. The van der Waals surface area contributed by atoms with Gasteiger partial charge in [0.15, 0.2) is 0 Å². The van der Waals surface area contributed by atoms with E-state index in [2.05, 4.69) is 47.2 Å². The molecular weight excluding hydrogens is 298 g/mol. The van der Waals surface area contributed by atoms with Crippen molar-refractivity contribution >= 4 is 27.5 Å². The fourth-order valence-corrected chi connectivity index (χ4v) is 2.45. The Bertz CT molecular complexity index is 352. The topological polar surface area (TPSA) is 12.0 Å². The van der Waals surface area contributed by atoms with Crippen LogP contribution in [-0.2, 0) is 0 Å². The molecule has 0 fully saturated rings. The van der Waals surface area contributed by atoms with Crippen LogP contribution < -0.4 is 5.32 Å². The molecule has 1 rings (SSSR count). The maximum Gasteiger partial charge on any atom is 0.0548 e. The largest absolute Gasteiger partial charge is 0.313 e. The molecule has 96 valence electrons. The zero-order valence-corrected chi connectivity index (χ0v) is 13.1. The molecule has 0 aliphatic rings. The quantitative estimate of drug-likeness (QED) is 0.761. The summed E-state index contributed by atoms with van der Waals surface area (Å²) in [7, 11) is 2.02. The van der Waals surface area contributed by atoms with Crippen LogP contribution >= 0.6 is 27.5 Å². The first kappa shape index (κ1) is 15.0. The zero-order valence-electron chi connectivity index (χ0n) is 10.8. The smallest absolute Gasteiger partial charge is 0.0548 e. The SMILES string of the molecule is CNC(CCCC(C)C)c1ccc(Cl)c(Br)c1. The van der Waals surface area contributed by atoms with E-state index in [1.54, 1.807) is 0 Å². The summed E-state index contributed by atoms with van der Waals surface area (Å²) >= 11 is 9.48. The van der Waals surface area contributed by atoms with Crippen molar-refractivity contribution in [3.8, 4) is 0 Å². The molecule has 0 saturated carbocycles. The molecule has 0 aliphatic carbocycles. The average Bonchev–Trinajstić information content (AvgIpc) is 2.28. The highest BCUT2D eigenvalue weighted by Gasteiger charge is 2.10. The number of halogens is 2. The monoisotopic (exact) mass is 317 g/mol. The van der Waals surface area contributed by atoms with Crippen LogP contribution in [0.1, 0.15) is 44.7 Å².